The molecule has 0 radical (unpaired) electrons. The molecule has 1 rings (SSSR count). The summed E-state index contributed by atoms with van der Waals surface area (Å²) in [6, 6.07) is 0.147. The first-order valence-electron chi connectivity index (χ1n) is 7.59. The number of amides is 2. The number of unbranched alkanes of at least 4 members (excludes halogenated alkanes) is 2. The molecular weight excluding hydrogens is 272 g/mol. The van der Waals surface area contributed by atoms with Gasteiger partial charge in [0.1, 0.15) is 0 Å². The lowest BCUT2D eigenvalue weighted by Crippen LogP contribution is -2.35. The number of nitrogens with one attached hydrogen (secondary N) is 1. The number of hydrogen-bond donors (Lipinski definition) is 1. The quantitative estimate of drug-likeness (QED) is 0.538. The SMILES string of the molecule is COC(=O)CCCCCNC(=O)C1CC(=O)N(C(C)C)C1. The van der Waals surface area contributed by atoms with E-state index in [1.807, 2.05) is 13.8 Å². The first kappa shape index (κ1) is 17.5. The summed E-state index contributed by atoms with van der Waals surface area (Å²) in [5.74, 6) is -0.407. The molecule has 0 aromatic heterocycles. The molecule has 2 amide bonds. The Morgan fingerprint density at radius 3 is 2.62 bits per heavy atom. The molecule has 1 saturated heterocycles. The zero-order valence-corrected chi connectivity index (χ0v) is 13.2. The second kappa shape index (κ2) is 8.64. The molecule has 1 aliphatic rings. The summed E-state index contributed by atoms with van der Waals surface area (Å²) < 4.78 is 4.56. The van der Waals surface area contributed by atoms with E-state index in [0.717, 1.165) is 19.3 Å². The van der Waals surface area contributed by atoms with Crippen LogP contribution in [0.5, 0.6) is 0 Å². The lowest BCUT2D eigenvalue weighted by Gasteiger charge is -2.20. The Bertz CT molecular complexity index is 382. The van der Waals surface area contributed by atoms with Crippen molar-refractivity contribution in [2.75, 3.05) is 20.2 Å². The number of ether oxygens (including phenoxy) is 1. The molecule has 1 N–H and O–H groups in total. The zero-order chi connectivity index (χ0) is 15.8. The number of hydrogen-bond acceptors (Lipinski definition) is 4. The van der Waals surface area contributed by atoms with Gasteiger partial charge in [0.15, 0.2) is 0 Å². The molecule has 0 aromatic rings. The minimum atomic E-state index is -0.227. The van der Waals surface area contributed by atoms with E-state index in [1.54, 1.807) is 4.90 Å². The number of esters is 1. The molecule has 0 aliphatic carbocycles. The van der Waals surface area contributed by atoms with Gasteiger partial charge in [-0.05, 0) is 26.7 Å². The summed E-state index contributed by atoms with van der Waals surface area (Å²) >= 11 is 0. The first-order chi connectivity index (χ1) is 9.95. The molecule has 0 bridgehead atoms. The highest BCUT2D eigenvalue weighted by Crippen LogP contribution is 2.20. The van der Waals surface area contributed by atoms with E-state index >= 15 is 0 Å². The van der Waals surface area contributed by atoms with Gasteiger partial charge in [0, 0.05) is 32.0 Å². The molecule has 6 heteroatoms. The van der Waals surface area contributed by atoms with Gasteiger partial charge in [-0.1, -0.05) is 6.42 Å². The minimum absolute atomic E-state index is 0.0422. The molecule has 120 valence electrons. The van der Waals surface area contributed by atoms with Gasteiger partial charge in [0.2, 0.25) is 11.8 Å². The van der Waals surface area contributed by atoms with Crippen molar-refractivity contribution in [1.82, 2.24) is 10.2 Å². The van der Waals surface area contributed by atoms with Crippen LogP contribution in [0.4, 0.5) is 0 Å². The minimum Gasteiger partial charge on any atom is -0.469 e. The van der Waals surface area contributed by atoms with E-state index in [-0.39, 0.29) is 29.7 Å². The second-order valence-corrected chi connectivity index (χ2v) is 5.72. The van der Waals surface area contributed by atoms with Gasteiger partial charge < -0.3 is 15.0 Å². The highest BCUT2D eigenvalue weighted by Gasteiger charge is 2.35. The van der Waals surface area contributed by atoms with Crippen molar-refractivity contribution >= 4 is 17.8 Å². The van der Waals surface area contributed by atoms with Gasteiger partial charge in [0.05, 0.1) is 13.0 Å². The Hall–Kier alpha value is -1.59. The Labute approximate surface area is 126 Å². The fourth-order valence-corrected chi connectivity index (χ4v) is 2.44. The number of methoxy groups -OCH3 is 1. The molecular formula is C15H26N2O4. The van der Waals surface area contributed by atoms with Gasteiger partial charge in [0.25, 0.3) is 0 Å². The fourth-order valence-electron chi connectivity index (χ4n) is 2.44. The average molecular weight is 298 g/mol. The molecule has 1 heterocycles. The van der Waals surface area contributed by atoms with Gasteiger partial charge in [-0.15, -0.1) is 0 Å². The molecule has 1 atom stereocenters. The second-order valence-electron chi connectivity index (χ2n) is 5.72. The molecule has 1 fully saturated rings. The van der Waals surface area contributed by atoms with Crippen molar-refractivity contribution < 1.29 is 19.1 Å². The van der Waals surface area contributed by atoms with E-state index in [2.05, 4.69) is 10.1 Å². The van der Waals surface area contributed by atoms with Crippen molar-refractivity contribution in [3.8, 4) is 0 Å². The topological polar surface area (TPSA) is 75.7 Å². The van der Waals surface area contributed by atoms with Crippen LogP contribution in [-0.4, -0.2) is 48.9 Å². The zero-order valence-electron chi connectivity index (χ0n) is 13.2. The lowest BCUT2D eigenvalue weighted by atomic mass is 10.1. The van der Waals surface area contributed by atoms with E-state index in [9.17, 15) is 14.4 Å². The summed E-state index contributed by atoms with van der Waals surface area (Å²) in [4.78, 5) is 36.4. The van der Waals surface area contributed by atoms with Crippen molar-refractivity contribution in [3.63, 3.8) is 0 Å². The van der Waals surface area contributed by atoms with Gasteiger partial charge in [-0.25, -0.2) is 0 Å². The summed E-state index contributed by atoms with van der Waals surface area (Å²) in [5, 5.41) is 2.87. The number of carbonyl (C=O) groups is 3. The Balaban J connectivity index is 2.15. The third kappa shape index (κ3) is 5.73. The monoisotopic (exact) mass is 298 g/mol. The van der Waals surface area contributed by atoms with E-state index < -0.39 is 0 Å². The lowest BCUT2D eigenvalue weighted by molar-refractivity contribution is -0.140. The maximum absolute atomic E-state index is 12.0. The summed E-state index contributed by atoms with van der Waals surface area (Å²) in [6.45, 7) is 5.02. The van der Waals surface area contributed by atoms with Crippen LogP contribution in [0.1, 0.15) is 46.0 Å². The van der Waals surface area contributed by atoms with Crippen molar-refractivity contribution in [2.24, 2.45) is 5.92 Å². The molecule has 1 aliphatic heterocycles. The largest absolute Gasteiger partial charge is 0.469 e. The molecule has 6 nitrogen and oxygen atoms in total. The van der Waals surface area contributed by atoms with Gasteiger partial charge >= 0.3 is 5.97 Å². The normalized spacial score (nSPS) is 18.2. The van der Waals surface area contributed by atoms with Crippen LogP contribution in [0, 0.1) is 5.92 Å². The number of carbonyl (C=O) groups excluding carboxylic acids is 3. The predicted molar refractivity (Wildman–Crippen MR) is 78.4 cm³/mol. The Kier molecular flexibility index (Phi) is 7.19. The van der Waals surface area contributed by atoms with Crippen molar-refractivity contribution in [1.29, 1.82) is 0 Å². The maximum atomic E-state index is 12.0. The summed E-state index contributed by atoms with van der Waals surface area (Å²) in [5.41, 5.74) is 0. The molecule has 0 spiro atoms. The van der Waals surface area contributed by atoms with Crippen LogP contribution in [-0.2, 0) is 19.1 Å². The standard InChI is InChI=1S/C15H26N2O4/c1-11(2)17-10-12(9-13(17)18)15(20)16-8-6-4-5-7-14(19)21-3/h11-12H,4-10H2,1-3H3,(H,16,20). The molecule has 0 aromatic carbocycles. The smallest absolute Gasteiger partial charge is 0.305 e. The summed E-state index contributed by atoms with van der Waals surface area (Å²) in [6.07, 6.45) is 3.21. The number of nitrogens with zero attached hydrogens (tertiary/aromatic N) is 1. The maximum Gasteiger partial charge on any atom is 0.305 e. The third-order valence-electron chi connectivity index (χ3n) is 3.74. The van der Waals surface area contributed by atoms with Crippen molar-refractivity contribution in [2.45, 2.75) is 52.0 Å². The van der Waals surface area contributed by atoms with E-state index in [1.165, 1.54) is 7.11 Å². The van der Waals surface area contributed by atoms with Crippen LogP contribution in [0.2, 0.25) is 0 Å². The van der Waals surface area contributed by atoms with Crippen LogP contribution in [0.15, 0.2) is 0 Å². The third-order valence-corrected chi connectivity index (χ3v) is 3.74. The molecule has 1 unspecified atom stereocenters. The Morgan fingerprint density at radius 2 is 2.05 bits per heavy atom. The highest BCUT2D eigenvalue weighted by atomic mass is 16.5. The fraction of sp³-hybridized carbons (Fsp3) is 0.800. The molecule has 21 heavy (non-hydrogen) atoms. The molecule has 0 saturated carbocycles. The van der Waals surface area contributed by atoms with Crippen LogP contribution in [0.3, 0.4) is 0 Å². The first-order valence-corrected chi connectivity index (χ1v) is 7.59. The van der Waals surface area contributed by atoms with E-state index in [4.69, 9.17) is 0 Å². The van der Waals surface area contributed by atoms with Crippen molar-refractivity contribution in [3.05, 3.63) is 0 Å². The Morgan fingerprint density at radius 1 is 1.33 bits per heavy atom. The van der Waals surface area contributed by atoms with Gasteiger partial charge in [-0.2, -0.15) is 0 Å². The highest BCUT2D eigenvalue weighted by molar-refractivity contribution is 5.89. The number of likely N-dealkylation sites (tertiary alicyclic amines) is 1. The van der Waals surface area contributed by atoms with Crippen LogP contribution < -0.4 is 5.32 Å². The average Bonchev–Trinajstić information content (AvgIpc) is 2.84. The van der Waals surface area contributed by atoms with Gasteiger partial charge in [-0.3, -0.25) is 14.4 Å². The van der Waals surface area contributed by atoms with E-state index in [0.29, 0.717) is 25.9 Å². The number of rotatable bonds is 8. The van der Waals surface area contributed by atoms with Crippen LogP contribution in [0.25, 0.3) is 0 Å². The predicted octanol–water partition coefficient (Wildman–Crippen LogP) is 1.09. The summed E-state index contributed by atoms with van der Waals surface area (Å²) in [7, 11) is 1.38. The van der Waals surface area contributed by atoms with Crippen LogP contribution >= 0.6 is 0 Å².